The Kier molecular flexibility index (Phi) is 3.67. The Morgan fingerprint density at radius 1 is 1.36 bits per heavy atom. The molecule has 0 radical (unpaired) electrons. The minimum absolute atomic E-state index is 0.0124. The summed E-state index contributed by atoms with van der Waals surface area (Å²) in [4.78, 5) is 0. The fraction of sp³-hybridized carbons (Fsp3) is 0.500. The van der Waals surface area contributed by atoms with Gasteiger partial charge in [-0.2, -0.15) is 0 Å². The van der Waals surface area contributed by atoms with E-state index in [1.165, 1.54) is 0 Å². The van der Waals surface area contributed by atoms with Gasteiger partial charge in [-0.05, 0) is 29.5 Å². The van der Waals surface area contributed by atoms with Gasteiger partial charge in [0, 0.05) is 6.04 Å². The van der Waals surface area contributed by atoms with Gasteiger partial charge < -0.3 is 10.8 Å². The second-order valence-corrected chi connectivity index (χ2v) is 4.08. The molecule has 1 atom stereocenters. The SMILES string of the molecule is Cc1cccc(CO)c1C(N)C(C)C. The third-order valence-electron chi connectivity index (χ3n) is 2.64. The van der Waals surface area contributed by atoms with Crippen LogP contribution in [0, 0.1) is 12.8 Å². The van der Waals surface area contributed by atoms with E-state index in [1.54, 1.807) is 0 Å². The zero-order valence-corrected chi connectivity index (χ0v) is 9.12. The van der Waals surface area contributed by atoms with Crippen LogP contribution in [0.1, 0.15) is 36.6 Å². The molecule has 1 rings (SSSR count). The van der Waals surface area contributed by atoms with Crippen LogP contribution in [0.3, 0.4) is 0 Å². The van der Waals surface area contributed by atoms with Crippen molar-refractivity contribution in [2.45, 2.75) is 33.4 Å². The summed E-state index contributed by atoms with van der Waals surface area (Å²) < 4.78 is 0. The van der Waals surface area contributed by atoms with Crippen LogP contribution in [0.4, 0.5) is 0 Å². The van der Waals surface area contributed by atoms with Crippen molar-refractivity contribution in [1.82, 2.24) is 0 Å². The first-order chi connectivity index (χ1) is 6.57. The molecule has 0 bridgehead atoms. The zero-order valence-electron chi connectivity index (χ0n) is 9.12. The van der Waals surface area contributed by atoms with Crippen LogP contribution >= 0.6 is 0 Å². The van der Waals surface area contributed by atoms with Crippen LogP contribution in [0.2, 0.25) is 0 Å². The van der Waals surface area contributed by atoms with Crippen molar-refractivity contribution in [3.8, 4) is 0 Å². The van der Waals surface area contributed by atoms with Crippen LogP contribution in [-0.2, 0) is 6.61 Å². The maximum absolute atomic E-state index is 9.22. The molecule has 1 unspecified atom stereocenters. The number of benzene rings is 1. The van der Waals surface area contributed by atoms with Gasteiger partial charge in [0.25, 0.3) is 0 Å². The molecular formula is C12H19NO. The van der Waals surface area contributed by atoms with Gasteiger partial charge in [0.15, 0.2) is 0 Å². The average molecular weight is 193 g/mol. The second-order valence-electron chi connectivity index (χ2n) is 4.08. The van der Waals surface area contributed by atoms with Crippen molar-refractivity contribution in [2.24, 2.45) is 11.7 Å². The normalized spacial score (nSPS) is 13.3. The largest absolute Gasteiger partial charge is 0.392 e. The lowest BCUT2D eigenvalue weighted by Gasteiger charge is -2.21. The van der Waals surface area contributed by atoms with Crippen LogP contribution < -0.4 is 5.73 Å². The Morgan fingerprint density at radius 3 is 2.50 bits per heavy atom. The summed E-state index contributed by atoms with van der Waals surface area (Å²) in [5.74, 6) is 0.390. The molecule has 0 amide bonds. The number of nitrogens with two attached hydrogens (primary N) is 1. The van der Waals surface area contributed by atoms with Crippen molar-refractivity contribution >= 4 is 0 Å². The quantitative estimate of drug-likeness (QED) is 0.772. The van der Waals surface area contributed by atoms with E-state index in [2.05, 4.69) is 13.8 Å². The number of hydrogen-bond donors (Lipinski definition) is 2. The first-order valence-corrected chi connectivity index (χ1v) is 5.02. The van der Waals surface area contributed by atoms with E-state index in [0.29, 0.717) is 5.92 Å². The Labute approximate surface area is 85.8 Å². The highest BCUT2D eigenvalue weighted by Gasteiger charge is 2.15. The summed E-state index contributed by atoms with van der Waals surface area (Å²) >= 11 is 0. The van der Waals surface area contributed by atoms with Gasteiger partial charge in [0.1, 0.15) is 0 Å². The lowest BCUT2D eigenvalue weighted by atomic mass is 9.90. The fourth-order valence-electron chi connectivity index (χ4n) is 1.69. The summed E-state index contributed by atoms with van der Waals surface area (Å²) in [6, 6.07) is 5.94. The summed E-state index contributed by atoms with van der Waals surface area (Å²) in [7, 11) is 0. The van der Waals surface area contributed by atoms with E-state index >= 15 is 0 Å². The molecule has 2 heteroatoms. The van der Waals surface area contributed by atoms with E-state index < -0.39 is 0 Å². The predicted octanol–water partition coefficient (Wildman–Crippen LogP) is 2.14. The first-order valence-electron chi connectivity index (χ1n) is 5.02. The highest BCUT2D eigenvalue weighted by atomic mass is 16.3. The molecule has 1 aromatic rings. The standard InChI is InChI=1S/C12H19NO/c1-8(2)12(13)11-9(3)5-4-6-10(11)7-14/h4-6,8,12,14H,7,13H2,1-3H3. The minimum atomic E-state index is 0.0124. The summed E-state index contributed by atoms with van der Waals surface area (Å²) in [5.41, 5.74) is 9.32. The molecule has 1 aromatic carbocycles. The van der Waals surface area contributed by atoms with Crippen LogP contribution in [0.25, 0.3) is 0 Å². The Morgan fingerprint density at radius 2 is 2.00 bits per heavy atom. The van der Waals surface area contributed by atoms with E-state index in [0.717, 1.165) is 16.7 Å². The Bertz CT molecular complexity index is 307. The van der Waals surface area contributed by atoms with Gasteiger partial charge >= 0.3 is 0 Å². The van der Waals surface area contributed by atoms with Crippen molar-refractivity contribution in [1.29, 1.82) is 0 Å². The third-order valence-corrected chi connectivity index (χ3v) is 2.64. The predicted molar refractivity (Wildman–Crippen MR) is 58.9 cm³/mol. The topological polar surface area (TPSA) is 46.2 Å². The number of rotatable bonds is 3. The van der Waals surface area contributed by atoms with Crippen LogP contribution in [-0.4, -0.2) is 5.11 Å². The molecule has 14 heavy (non-hydrogen) atoms. The van der Waals surface area contributed by atoms with E-state index in [-0.39, 0.29) is 12.6 Å². The zero-order chi connectivity index (χ0) is 10.7. The van der Waals surface area contributed by atoms with Gasteiger partial charge in [-0.1, -0.05) is 32.0 Å². The van der Waals surface area contributed by atoms with Crippen LogP contribution in [0.15, 0.2) is 18.2 Å². The van der Waals surface area contributed by atoms with E-state index in [4.69, 9.17) is 5.73 Å². The summed E-state index contributed by atoms with van der Waals surface area (Å²) in [6.07, 6.45) is 0. The van der Waals surface area contributed by atoms with Gasteiger partial charge in [0.2, 0.25) is 0 Å². The molecule has 0 aliphatic carbocycles. The van der Waals surface area contributed by atoms with E-state index in [1.807, 2.05) is 25.1 Å². The lowest BCUT2D eigenvalue weighted by molar-refractivity contribution is 0.278. The molecule has 0 fully saturated rings. The van der Waals surface area contributed by atoms with Gasteiger partial charge in [-0.15, -0.1) is 0 Å². The molecule has 0 aliphatic heterocycles. The average Bonchev–Trinajstić information content (AvgIpc) is 2.16. The summed E-state index contributed by atoms with van der Waals surface area (Å²) in [6.45, 7) is 6.30. The molecule has 0 saturated heterocycles. The second kappa shape index (κ2) is 4.58. The highest BCUT2D eigenvalue weighted by molar-refractivity contribution is 5.36. The highest BCUT2D eigenvalue weighted by Crippen LogP contribution is 2.25. The van der Waals surface area contributed by atoms with Crippen molar-refractivity contribution < 1.29 is 5.11 Å². The molecule has 2 nitrogen and oxygen atoms in total. The first kappa shape index (κ1) is 11.2. The van der Waals surface area contributed by atoms with Gasteiger partial charge in [0.05, 0.1) is 6.61 Å². The van der Waals surface area contributed by atoms with E-state index in [9.17, 15) is 5.11 Å². The fourth-order valence-corrected chi connectivity index (χ4v) is 1.69. The van der Waals surface area contributed by atoms with Crippen LogP contribution in [0.5, 0.6) is 0 Å². The molecule has 0 aromatic heterocycles. The monoisotopic (exact) mass is 193 g/mol. The van der Waals surface area contributed by atoms with Gasteiger partial charge in [-0.25, -0.2) is 0 Å². The van der Waals surface area contributed by atoms with Crippen molar-refractivity contribution in [3.63, 3.8) is 0 Å². The molecule has 0 aliphatic rings. The number of aryl methyl sites for hydroxylation is 1. The smallest absolute Gasteiger partial charge is 0.0685 e. The number of aliphatic hydroxyl groups excluding tert-OH is 1. The maximum atomic E-state index is 9.22. The molecule has 0 saturated carbocycles. The Balaban J connectivity index is 3.16. The van der Waals surface area contributed by atoms with Crippen molar-refractivity contribution in [3.05, 3.63) is 34.9 Å². The molecule has 0 heterocycles. The van der Waals surface area contributed by atoms with Gasteiger partial charge in [-0.3, -0.25) is 0 Å². The third kappa shape index (κ3) is 2.14. The Hall–Kier alpha value is -0.860. The number of aliphatic hydroxyl groups is 1. The van der Waals surface area contributed by atoms with Crippen molar-refractivity contribution in [2.75, 3.05) is 0 Å². The molecule has 3 N–H and O–H groups in total. The lowest BCUT2D eigenvalue weighted by Crippen LogP contribution is -2.19. The minimum Gasteiger partial charge on any atom is -0.392 e. The maximum Gasteiger partial charge on any atom is 0.0685 e. The molecule has 0 spiro atoms. The number of hydrogen-bond acceptors (Lipinski definition) is 2. The molecular weight excluding hydrogens is 174 g/mol. The summed E-state index contributed by atoms with van der Waals surface area (Å²) in [5, 5.41) is 9.22. The molecule has 78 valence electrons.